The van der Waals surface area contributed by atoms with Crippen molar-refractivity contribution in [1.82, 2.24) is 9.80 Å². The Morgan fingerprint density at radius 1 is 1.07 bits per heavy atom. The van der Waals surface area contributed by atoms with Crippen LogP contribution in [0, 0.1) is 0 Å². The second kappa shape index (κ2) is 12.5. The van der Waals surface area contributed by atoms with E-state index in [0.717, 1.165) is 48.7 Å². The average molecular weight is 420 g/mol. The highest BCUT2D eigenvalue weighted by Gasteiger charge is 2.27. The molecule has 0 atom stereocenters. The van der Waals surface area contributed by atoms with Crippen molar-refractivity contribution in [3.05, 3.63) is 35.4 Å². The Balaban J connectivity index is 3.07. The summed E-state index contributed by atoms with van der Waals surface area (Å²) >= 11 is 0. The van der Waals surface area contributed by atoms with E-state index in [4.69, 9.17) is 9.47 Å². The predicted molar refractivity (Wildman–Crippen MR) is 125 cm³/mol. The molecule has 1 heterocycles. The van der Waals surface area contributed by atoms with Gasteiger partial charge in [-0.05, 0) is 60.5 Å². The molecule has 0 aromatic heterocycles. The van der Waals surface area contributed by atoms with Crippen LogP contribution in [0.4, 0.5) is 4.79 Å². The zero-order chi connectivity index (χ0) is 22.7. The second-order valence-corrected chi connectivity index (χ2v) is 8.42. The molecule has 1 saturated heterocycles. The van der Waals surface area contributed by atoms with Crippen LogP contribution in [0.1, 0.15) is 68.2 Å². The molecule has 0 aliphatic carbocycles. The van der Waals surface area contributed by atoms with Crippen LogP contribution in [-0.4, -0.2) is 60.0 Å². The monoisotopic (exact) mass is 419 g/mol. The molecular formula is C24H41N3O3. The molecule has 0 N–H and O–H groups in total. The summed E-state index contributed by atoms with van der Waals surface area (Å²) in [7, 11) is 0. The standard InChI is InChI=1S/C24H41N3O3/c1-9-12-13-25-19(4)22(21(11-3)29-18-10-2)20(5)26-14-16-27(17-15-26)23(28)30-24(6,7)8/h11-13H,9-10,14-18H2,1-8H3/b13-12+,21-11+,22-20-,25-19+. The van der Waals surface area contributed by atoms with Crippen molar-refractivity contribution in [2.75, 3.05) is 32.8 Å². The van der Waals surface area contributed by atoms with Crippen LogP contribution in [0.2, 0.25) is 0 Å². The van der Waals surface area contributed by atoms with Gasteiger partial charge in [-0.1, -0.05) is 19.9 Å². The number of piperazine rings is 1. The Morgan fingerprint density at radius 2 is 1.67 bits per heavy atom. The number of aliphatic imine (C=N–C) groups is 1. The van der Waals surface area contributed by atoms with Gasteiger partial charge in [0.05, 0.1) is 12.2 Å². The number of allylic oxidation sites excluding steroid dienone is 4. The predicted octanol–water partition coefficient (Wildman–Crippen LogP) is 5.53. The number of hydrogen-bond acceptors (Lipinski definition) is 5. The smallest absolute Gasteiger partial charge is 0.410 e. The lowest BCUT2D eigenvalue weighted by molar-refractivity contribution is 0.0168. The van der Waals surface area contributed by atoms with Crippen LogP contribution >= 0.6 is 0 Å². The first-order valence-corrected chi connectivity index (χ1v) is 11.1. The van der Waals surface area contributed by atoms with E-state index in [1.165, 1.54) is 0 Å². The van der Waals surface area contributed by atoms with Crippen LogP contribution in [0.5, 0.6) is 0 Å². The first kappa shape index (κ1) is 25.8. The normalized spacial score (nSPS) is 17.3. The number of ether oxygens (including phenoxy) is 2. The third kappa shape index (κ3) is 8.25. The van der Waals surface area contributed by atoms with Crippen molar-refractivity contribution in [1.29, 1.82) is 0 Å². The fourth-order valence-electron chi connectivity index (χ4n) is 3.17. The summed E-state index contributed by atoms with van der Waals surface area (Å²) in [5, 5.41) is 0. The fraction of sp³-hybridized carbons (Fsp3) is 0.667. The van der Waals surface area contributed by atoms with Gasteiger partial charge in [0.15, 0.2) is 0 Å². The first-order valence-electron chi connectivity index (χ1n) is 11.1. The molecule has 1 amide bonds. The minimum atomic E-state index is -0.478. The van der Waals surface area contributed by atoms with E-state index in [9.17, 15) is 4.79 Å². The molecule has 1 aliphatic rings. The Kier molecular flexibility index (Phi) is 10.7. The molecule has 30 heavy (non-hydrogen) atoms. The summed E-state index contributed by atoms with van der Waals surface area (Å²) in [6.45, 7) is 19.4. The molecule has 0 bridgehead atoms. The largest absolute Gasteiger partial charge is 0.493 e. The molecule has 0 saturated carbocycles. The van der Waals surface area contributed by atoms with Gasteiger partial charge in [0.2, 0.25) is 0 Å². The number of rotatable bonds is 8. The van der Waals surface area contributed by atoms with Gasteiger partial charge < -0.3 is 19.3 Å². The SMILES string of the molecule is C\C=C(OCCC)/C(=C(/C)N1CCN(C(=O)OC(C)(C)C)CC1)C(/C)=N/C=C/CC. The zero-order valence-corrected chi connectivity index (χ0v) is 20.2. The Hall–Kier alpha value is -2.24. The lowest BCUT2D eigenvalue weighted by atomic mass is 10.1. The van der Waals surface area contributed by atoms with Gasteiger partial charge in [0.1, 0.15) is 11.4 Å². The zero-order valence-electron chi connectivity index (χ0n) is 20.2. The first-order chi connectivity index (χ1) is 14.1. The lowest BCUT2D eigenvalue weighted by Crippen LogP contribution is -2.49. The van der Waals surface area contributed by atoms with Gasteiger partial charge in [-0.25, -0.2) is 4.79 Å². The van der Waals surface area contributed by atoms with Gasteiger partial charge in [-0.15, -0.1) is 0 Å². The van der Waals surface area contributed by atoms with Crippen molar-refractivity contribution in [2.24, 2.45) is 4.99 Å². The quantitative estimate of drug-likeness (QED) is 0.295. The number of nitrogens with zero attached hydrogens (tertiary/aromatic N) is 3. The van der Waals surface area contributed by atoms with Gasteiger partial charge in [-0.2, -0.15) is 0 Å². The van der Waals surface area contributed by atoms with E-state index in [0.29, 0.717) is 19.7 Å². The topological polar surface area (TPSA) is 54.4 Å². The third-order valence-electron chi connectivity index (χ3n) is 4.71. The maximum atomic E-state index is 12.4. The molecule has 0 unspecified atom stereocenters. The summed E-state index contributed by atoms with van der Waals surface area (Å²) in [5.41, 5.74) is 2.59. The molecule has 6 heteroatoms. The molecule has 0 radical (unpaired) electrons. The fourth-order valence-corrected chi connectivity index (χ4v) is 3.17. The maximum Gasteiger partial charge on any atom is 0.410 e. The minimum absolute atomic E-state index is 0.244. The van der Waals surface area contributed by atoms with Crippen LogP contribution < -0.4 is 0 Å². The van der Waals surface area contributed by atoms with Crippen LogP contribution in [0.3, 0.4) is 0 Å². The molecule has 1 rings (SSSR count). The van der Waals surface area contributed by atoms with Gasteiger partial charge in [0, 0.05) is 43.8 Å². The van der Waals surface area contributed by atoms with Crippen molar-refractivity contribution >= 4 is 11.8 Å². The number of amides is 1. The summed E-state index contributed by atoms with van der Waals surface area (Å²) in [6, 6.07) is 0. The second-order valence-electron chi connectivity index (χ2n) is 8.42. The lowest BCUT2D eigenvalue weighted by Gasteiger charge is -2.38. The van der Waals surface area contributed by atoms with Crippen molar-refractivity contribution < 1.29 is 14.3 Å². The highest BCUT2D eigenvalue weighted by molar-refractivity contribution is 6.02. The molecule has 0 aromatic rings. The third-order valence-corrected chi connectivity index (χ3v) is 4.71. The Labute approximate surface area is 183 Å². The highest BCUT2D eigenvalue weighted by atomic mass is 16.6. The van der Waals surface area contributed by atoms with Crippen molar-refractivity contribution in [3.63, 3.8) is 0 Å². The van der Waals surface area contributed by atoms with Crippen molar-refractivity contribution in [3.8, 4) is 0 Å². The number of carbonyl (C=O) groups excluding carboxylic acids is 1. The molecule has 1 aliphatic heterocycles. The molecule has 1 fully saturated rings. The molecule has 6 nitrogen and oxygen atoms in total. The van der Waals surface area contributed by atoms with Crippen LogP contribution in [-0.2, 0) is 9.47 Å². The van der Waals surface area contributed by atoms with Gasteiger partial charge in [0.25, 0.3) is 0 Å². The summed E-state index contributed by atoms with van der Waals surface area (Å²) in [4.78, 5) is 21.1. The minimum Gasteiger partial charge on any atom is -0.493 e. The van der Waals surface area contributed by atoms with E-state index < -0.39 is 5.60 Å². The number of carbonyl (C=O) groups is 1. The molecule has 0 aromatic carbocycles. The van der Waals surface area contributed by atoms with Crippen LogP contribution in [0.15, 0.2) is 40.4 Å². The average Bonchev–Trinajstić information content (AvgIpc) is 2.69. The van der Waals surface area contributed by atoms with E-state index in [1.807, 2.05) is 53.0 Å². The Morgan fingerprint density at radius 3 is 2.17 bits per heavy atom. The van der Waals surface area contributed by atoms with E-state index >= 15 is 0 Å². The van der Waals surface area contributed by atoms with E-state index in [1.54, 1.807) is 4.90 Å². The summed E-state index contributed by atoms with van der Waals surface area (Å²) in [6.07, 6.45) is 7.56. The Bertz CT molecular complexity index is 672. The number of hydrogen-bond donors (Lipinski definition) is 0. The highest BCUT2D eigenvalue weighted by Crippen LogP contribution is 2.23. The van der Waals surface area contributed by atoms with Crippen molar-refractivity contribution in [2.45, 2.75) is 73.8 Å². The van der Waals surface area contributed by atoms with E-state index in [2.05, 4.69) is 30.7 Å². The van der Waals surface area contributed by atoms with Crippen LogP contribution in [0.25, 0.3) is 0 Å². The summed E-state index contributed by atoms with van der Waals surface area (Å²) in [5.74, 6) is 0.857. The van der Waals surface area contributed by atoms with Gasteiger partial charge in [-0.3, -0.25) is 4.99 Å². The summed E-state index contributed by atoms with van der Waals surface area (Å²) < 4.78 is 11.6. The maximum absolute atomic E-state index is 12.4. The van der Waals surface area contributed by atoms with Gasteiger partial charge >= 0.3 is 6.09 Å². The van der Waals surface area contributed by atoms with E-state index in [-0.39, 0.29) is 6.09 Å². The molecule has 170 valence electrons. The molecule has 0 spiro atoms. The molecular weight excluding hydrogens is 378 g/mol.